The predicted octanol–water partition coefficient (Wildman–Crippen LogP) is 4.30. The molecule has 0 unspecified atom stereocenters. The molecule has 1 aliphatic heterocycles. The van der Waals surface area contributed by atoms with Crippen LogP contribution in [-0.2, 0) is 11.2 Å². The molecule has 5 nitrogen and oxygen atoms in total. The van der Waals surface area contributed by atoms with Crippen LogP contribution < -0.4 is 4.90 Å². The van der Waals surface area contributed by atoms with Gasteiger partial charge in [0.15, 0.2) is 0 Å². The molecule has 1 fully saturated rings. The number of aromatic nitrogens is 2. The fourth-order valence-corrected chi connectivity index (χ4v) is 4.02. The summed E-state index contributed by atoms with van der Waals surface area (Å²) < 4.78 is 0. The number of amides is 1. The van der Waals surface area contributed by atoms with E-state index in [2.05, 4.69) is 9.88 Å². The smallest absolute Gasteiger partial charge is 0.225 e. The number of carbonyl (C=O) groups is 1. The number of rotatable bonds is 4. The number of aryl methyl sites for hydroxylation is 2. The Morgan fingerprint density at radius 2 is 1.79 bits per heavy atom. The van der Waals surface area contributed by atoms with E-state index in [1.165, 1.54) is 0 Å². The molecule has 1 aromatic heterocycles. The number of nitrogens with zero attached hydrogens (tertiary/aromatic N) is 4. The number of hydrogen-bond acceptors (Lipinski definition) is 4. The molecule has 2 heterocycles. The Morgan fingerprint density at radius 3 is 2.39 bits per heavy atom. The van der Waals surface area contributed by atoms with Crippen molar-refractivity contribution >= 4 is 34.9 Å². The van der Waals surface area contributed by atoms with Crippen LogP contribution in [0, 0.1) is 19.8 Å². The minimum Gasteiger partial charge on any atom is -0.353 e. The summed E-state index contributed by atoms with van der Waals surface area (Å²) in [5.41, 5.74) is 3.02. The average Bonchev–Trinajstić information content (AvgIpc) is 2.65. The highest BCUT2D eigenvalue weighted by molar-refractivity contribution is 6.35. The second-order valence-electron chi connectivity index (χ2n) is 7.54. The Bertz CT molecular complexity index is 877. The highest BCUT2D eigenvalue weighted by atomic mass is 35.5. The van der Waals surface area contributed by atoms with Gasteiger partial charge in [-0.3, -0.25) is 4.79 Å². The summed E-state index contributed by atoms with van der Waals surface area (Å²) in [6.07, 6.45) is 0.641. The van der Waals surface area contributed by atoms with Gasteiger partial charge in [0, 0.05) is 59.8 Å². The lowest BCUT2D eigenvalue weighted by atomic mass is 10.0. The normalized spacial score (nSPS) is 14.7. The van der Waals surface area contributed by atoms with Gasteiger partial charge in [-0.05, 0) is 31.5 Å². The average molecular weight is 421 g/mol. The molecule has 0 saturated carbocycles. The summed E-state index contributed by atoms with van der Waals surface area (Å²) in [6, 6.07) is 5.56. The number of carbonyl (C=O) groups excluding carboxylic acids is 1. The van der Waals surface area contributed by atoms with E-state index in [4.69, 9.17) is 28.2 Å². The van der Waals surface area contributed by atoms with Crippen LogP contribution in [0.5, 0.6) is 0 Å². The van der Waals surface area contributed by atoms with E-state index in [0.717, 1.165) is 41.6 Å². The zero-order valence-electron chi connectivity index (χ0n) is 16.8. The summed E-state index contributed by atoms with van der Waals surface area (Å²) in [5.74, 6) is 1.92. The number of hydrogen-bond donors (Lipinski definition) is 0. The summed E-state index contributed by atoms with van der Waals surface area (Å²) in [4.78, 5) is 25.8. The maximum Gasteiger partial charge on any atom is 0.225 e. The quantitative estimate of drug-likeness (QED) is 0.739. The maximum atomic E-state index is 12.3. The summed E-state index contributed by atoms with van der Waals surface area (Å²) in [5, 5.41) is 1.27. The number of benzene rings is 1. The molecule has 28 heavy (non-hydrogen) atoms. The minimum absolute atomic E-state index is 0.0256. The standard InChI is InChI=1S/C21H26Cl2N4O/c1-13(2)21(28)27-9-7-26(8-10-27)20-18(14(3)24-15(4)25-20)11-16-5-6-17(22)12-19(16)23/h5-6,12-13H,7-11H2,1-4H3. The first-order chi connectivity index (χ1) is 13.3. The van der Waals surface area contributed by atoms with Crippen molar-refractivity contribution in [2.45, 2.75) is 34.1 Å². The second-order valence-corrected chi connectivity index (χ2v) is 8.38. The monoisotopic (exact) mass is 420 g/mol. The van der Waals surface area contributed by atoms with Crippen LogP contribution in [0.25, 0.3) is 0 Å². The van der Waals surface area contributed by atoms with E-state index in [-0.39, 0.29) is 11.8 Å². The van der Waals surface area contributed by atoms with Crippen LogP contribution in [0.15, 0.2) is 18.2 Å². The van der Waals surface area contributed by atoms with Crippen molar-refractivity contribution in [3.05, 3.63) is 50.9 Å². The highest BCUT2D eigenvalue weighted by Gasteiger charge is 2.26. The van der Waals surface area contributed by atoms with E-state index in [1.54, 1.807) is 6.07 Å². The Kier molecular flexibility index (Phi) is 6.46. The highest BCUT2D eigenvalue weighted by Crippen LogP contribution is 2.29. The molecular formula is C21H26Cl2N4O. The van der Waals surface area contributed by atoms with Crippen molar-refractivity contribution in [3.8, 4) is 0 Å². The van der Waals surface area contributed by atoms with Crippen molar-refractivity contribution < 1.29 is 4.79 Å². The Hall–Kier alpha value is -1.85. The lowest BCUT2D eigenvalue weighted by Crippen LogP contribution is -2.50. The van der Waals surface area contributed by atoms with E-state index >= 15 is 0 Å². The Morgan fingerprint density at radius 1 is 1.11 bits per heavy atom. The Labute approximate surface area is 176 Å². The van der Waals surface area contributed by atoms with Gasteiger partial charge in [-0.1, -0.05) is 43.1 Å². The van der Waals surface area contributed by atoms with E-state index in [1.807, 2.05) is 44.7 Å². The van der Waals surface area contributed by atoms with Crippen LogP contribution in [0.1, 0.15) is 36.5 Å². The zero-order valence-corrected chi connectivity index (χ0v) is 18.3. The lowest BCUT2D eigenvalue weighted by molar-refractivity contribution is -0.134. The van der Waals surface area contributed by atoms with Crippen molar-refractivity contribution in [2.24, 2.45) is 5.92 Å². The van der Waals surface area contributed by atoms with Gasteiger partial charge in [0.2, 0.25) is 5.91 Å². The van der Waals surface area contributed by atoms with Crippen molar-refractivity contribution in [1.29, 1.82) is 0 Å². The van der Waals surface area contributed by atoms with Crippen LogP contribution in [0.2, 0.25) is 10.0 Å². The largest absolute Gasteiger partial charge is 0.353 e. The van der Waals surface area contributed by atoms with Gasteiger partial charge in [0.25, 0.3) is 0 Å². The van der Waals surface area contributed by atoms with E-state index in [9.17, 15) is 4.79 Å². The van der Waals surface area contributed by atoms with Crippen molar-refractivity contribution in [1.82, 2.24) is 14.9 Å². The van der Waals surface area contributed by atoms with E-state index < -0.39 is 0 Å². The Balaban J connectivity index is 1.86. The summed E-state index contributed by atoms with van der Waals surface area (Å²) >= 11 is 12.4. The van der Waals surface area contributed by atoms with Gasteiger partial charge in [-0.2, -0.15) is 0 Å². The maximum absolute atomic E-state index is 12.3. The first-order valence-corrected chi connectivity index (χ1v) is 10.3. The molecule has 1 aromatic carbocycles. The van der Waals surface area contributed by atoms with Gasteiger partial charge in [-0.15, -0.1) is 0 Å². The van der Waals surface area contributed by atoms with Gasteiger partial charge >= 0.3 is 0 Å². The molecular weight excluding hydrogens is 395 g/mol. The van der Waals surface area contributed by atoms with Crippen LogP contribution >= 0.6 is 23.2 Å². The molecule has 0 N–H and O–H groups in total. The van der Waals surface area contributed by atoms with Crippen molar-refractivity contribution in [3.63, 3.8) is 0 Å². The molecule has 1 amide bonds. The molecule has 150 valence electrons. The lowest BCUT2D eigenvalue weighted by Gasteiger charge is -2.37. The number of piperazine rings is 1. The zero-order chi connectivity index (χ0) is 20.4. The fraction of sp³-hybridized carbons (Fsp3) is 0.476. The topological polar surface area (TPSA) is 49.3 Å². The first kappa shape index (κ1) is 20.9. The fourth-order valence-electron chi connectivity index (χ4n) is 3.55. The second kappa shape index (κ2) is 8.66. The molecule has 3 rings (SSSR count). The minimum atomic E-state index is 0.0256. The molecule has 1 saturated heterocycles. The van der Waals surface area contributed by atoms with Gasteiger partial charge < -0.3 is 9.80 Å². The molecule has 0 radical (unpaired) electrons. The molecule has 1 aliphatic rings. The third-order valence-corrected chi connectivity index (χ3v) is 5.66. The molecule has 0 bridgehead atoms. The molecule has 0 atom stereocenters. The number of halogens is 2. The van der Waals surface area contributed by atoms with Crippen molar-refractivity contribution in [2.75, 3.05) is 31.1 Å². The van der Waals surface area contributed by atoms with Crippen LogP contribution in [0.3, 0.4) is 0 Å². The molecule has 0 aliphatic carbocycles. The van der Waals surface area contributed by atoms with Gasteiger partial charge in [-0.25, -0.2) is 9.97 Å². The number of anilines is 1. The van der Waals surface area contributed by atoms with Gasteiger partial charge in [0.1, 0.15) is 11.6 Å². The summed E-state index contributed by atoms with van der Waals surface area (Å²) in [6.45, 7) is 10.7. The third kappa shape index (κ3) is 4.58. The third-order valence-electron chi connectivity index (χ3n) is 5.07. The predicted molar refractivity (Wildman–Crippen MR) is 114 cm³/mol. The molecule has 0 spiro atoms. The van der Waals surface area contributed by atoms with Crippen LogP contribution in [-0.4, -0.2) is 47.0 Å². The molecule has 2 aromatic rings. The van der Waals surface area contributed by atoms with Crippen LogP contribution in [0.4, 0.5) is 5.82 Å². The van der Waals surface area contributed by atoms with Gasteiger partial charge in [0.05, 0.1) is 0 Å². The SMILES string of the molecule is Cc1nc(C)c(Cc2ccc(Cl)cc2Cl)c(N2CCN(C(=O)C(C)C)CC2)n1. The van der Waals surface area contributed by atoms with E-state index in [0.29, 0.717) is 29.6 Å². The first-order valence-electron chi connectivity index (χ1n) is 9.58. The summed E-state index contributed by atoms with van der Waals surface area (Å²) in [7, 11) is 0. The molecule has 7 heteroatoms.